The number of aliphatic hydroxyl groups is 7. The molecular formula is C50H116B8O49P10Se. The number of hydrogen-bond acceptors (Lipinski definition) is 35. The largest absolute Gasteiger partial charge is 0.476 e. The standard InChI is InChI=1S/C7H15BO8P2.C6H12B2O8P2.C6H13BO8P2Se.C6H12BO7P.3C6H12BO6P.7CH4/c1-4-6(9)5(15-7(4)8)3-14-17(2,10)16-18(11,12)13;1-3-5(9)4(15-6(3)7)2-14-17(8,10)16-18(11,12)13;1-3-5(8)4(14-6(3)7)2-13-17(12,18)15-16(9,10)11;1-12-5-4(8)3(14-6(5)7)2-13-15(9,10)11;3*1-3-5(8)4(13-6(3)7)2-12-14(9,10)11;;;;;;;/h4-7,9H,3H2,1-2H3,(H2,11,12,13);3-6,9H,2H2,1H3,(H2,11,12,13);3-6,8H,2H2,1H3,(H,12,18)(H2,9,10,11);3-6,8H,2H2,1H3,(H2,9,10,11);3*3-6,8H,2H2,1H3,(H2,9,10,11);7*1H4/t4-,5-,6+,7-,17?;2*3-,4-,5+,6-,17?;3-,4-,5-,6-;3*3-,4-,5+,6-;;;;;;;/m1111111......./s1. The number of aliphatic hydroxyl groups excluding tert-OH is 7. The van der Waals surface area contributed by atoms with Gasteiger partial charge in [-0.05, 0) is 0 Å². The molecule has 0 aliphatic carbocycles. The van der Waals surface area contributed by atoms with Gasteiger partial charge in [0, 0.05) is 79.4 Å². The van der Waals surface area contributed by atoms with Gasteiger partial charge in [-0.15, -0.1) is 0 Å². The zero-order valence-corrected chi connectivity index (χ0v) is 70.1. The summed E-state index contributed by atoms with van der Waals surface area (Å²) in [6.45, 7) is 8.30. The van der Waals surface area contributed by atoms with Gasteiger partial charge in [0.15, 0.2) is 0 Å². The minimum atomic E-state index is -5.03. The van der Waals surface area contributed by atoms with Gasteiger partial charge in [-0.1, -0.05) is 86.6 Å². The average Bonchev–Trinajstić information content (AvgIpc) is 1.73. The van der Waals surface area contributed by atoms with Crippen molar-refractivity contribution in [3.05, 3.63) is 0 Å². The Morgan fingerprint density at radius 3 is 0.653 bits per heavy atom. The van der Waals surface area contributed by atoms with Crippen LogP contribution in [0.2, 0.25) is 0 Å². The van der Waals surface area contributed by atoms with E-state index < -0.39 is 223 Å². The van der Waals surface area contributed by atoms with Crippen LogP contribution in [0, 0.1) is 35.5 Å². The van der Waals surface area contributed by atoms with Crippen molar-refractivity contribution in [2.45, 2.75) is 227 Å². The van der Waals surface area contributed by atoms with Crippen LogP contribution >= 0.6 is 76.0 Å². The SMILES string of the molecule is C.C.C.C.C.C.C.[B][C@@H]1O[C@H](COP(=O)(O)O)[C@@H](O)[C@H]1C.[B][C@@H]1O[C@H](COP(=O)(O)O)[C@@H](O)[C@H]1C.[B][C@@H]1O[C@H](COP(=O)(O)O)[C@@H](O)[C@H]1C.[B][C@@H]1O[C@H](COP(=O)(O)O)[C@@H](O)[C@H]1OC.[B][C@@H]1O[C@H](COP(C)(=O)OP(=O)(O)O)[C@@H](O)[C@H]1C.[B][C@@H]1O[C@H](COP(O)(=[Se])OP(=O)(O)O)[C@@H](O)[C@H]1C.[B][C@@H]1O[C@H](COP([B])(=O)OP(=O)(O)O)[C@@H](O)[C@H]1C. The minimum Gasteiger partial charge on any atom is -0.390 e. The number of methoxy groups -OCH3 is 1. The summed E-state index contributed by atoms with van der Waals surface area (Å²) >= 11 is 2.03. The molecule has 0 amide bonds. The molecule has 7 aliphatic rings. The molecule has 0 aromatic rings. The normalized spacial score (nSPS) is 35.2. The van der Waals surface area contributed by atoms with Crippen LogP contribution in [-0.2, 0) is 124 Å². The first-order valence-corrected chi connectivity index (χ1v) is 49.4. The summed E-state index contributed by atoms with van der Waals surface area (Å²) in [7, 11) is 3.46. The molecule has 118 heavy (non-hydrogen) atoms. The van der Waals surface area contributed by atoms with Gasteiger partial charge in [0.25, 0.3) is 7.47 Å². The Balaban J connectivity index is -0.000000242. The van der Waals surface area contributed by atoms with Gasteiger partial charge in [-0.3, -0.25) is 27.2 Å². The van der Waals surface area contributed by atoms with Gasteiger partial charge in [0.05, 0.1) is 70.2 Å². The molecule has 0 aromatic carbocycles. The van der Waals surface area contributed by atoms with Crippen molar-refractivity contribution in [1.29, 1.82) is 0 Å². The second-order valence-corrected chi connectivity index (χ2v) is 41.9. The van der Waals surface area contributed by atoms with Crippen molar-refractivity contribution in [3.63, 3.8) is 0 Å². The molecule has 49 nitrogen and oxygen atoms in total. The quantitative estimate of drug-likeness (QED) is 0.0290. The Morgan fingerprint density at radius 1 is 0.288 bits per heavy atom. The second kappa shape index (κ2) is 56.6. The molecule has 16 radical (unpaired) electrons. The molecule has 7 rings (SSSR count). The third kappa shape index (κ3) is 52.1. The van der Waals surface area contributed by atoms with Crippen LogP contribution in [0.5, 0.6) is 0 Å². The van der Waals surface area contributed by atoms with Gasteiger partial charge in [0.2, 0.25) is 7.57 Å². The van der Waals surface area contributed by atoms with E-state index >= 15 is 0 Å². The molecule has 0 bridgehead atoms. The summed E-state index contributed by atoms with van der Waals surface area (Å²) in [6.07, 6.45) is -16.7. The molecular weight excluding hydrogens is 1860 g/mol. The van der Waals surface area contributed by atoms with E-state index in [9.17, 15) is 81.7 Å². The first-order valence-electron chi connectivity index (χ1n) is 31.3. The van der Waals surface area contributed by atoms with E-state index in [0.29, 0.717) is 0 Å². The maximum Gasteiger partial charge on any atom is 0.476 e. The summed E-state index contributed by atoms with van der Waals surface area (Å²) in [6, 6.07) is -4.78. The van der Waals surface area contributed by atoms with Crippen molar-refractivity contribution in [2.24, 2.45) is 35.5 Å². The first-order chi connectivity index (χ1) is 49.8. The van der Waals surface area contributed by atoms with Crippen LogP contribution in [0.3, 0.4) is 0 Å². The molecule has 0 spiro atoms. The van der Waals surface area contributed by atoms with Gasteiger partial charge in [0.1, 0.15) is 95.9 Å². The van der Waals surface area contributed by atoms with Crippen molar-refractivity contribution in [3.8, 4) is 0 Å². The number of phosphoric acid groups is 7. The third-order valence-electron chi connectivity index (χ3n) is 15.9. The summed E-state index contributed by atoms with van der Waals surface area (Å²) in [5.74, 6) is -1.83. The zero-order valence-electron chi connectivity index (χ0n) is 59.5. The van der Waals surface area contributed by atoms with Crippen molar-refractivity contribution >= 4 is 154 Å². The Labute approximate surface area is 705 Å². The molecule has 0 aromatic heterocycles. The van der Waals surface area contributed by atoms with E-state index in [1.165, 1.54) is 7.11 Å². The Hall–Kier alpha value is 1.94. The van der Waals surface area contributed by atoms with Crippen LogP contribution in [-0.4, -0.2) is 380 Å². The van der Waals surface area contributed by atoms with E-state index in [1.54, 1.807) is 41.5 Å². The molecule has 0 saturated carbocycles. The fourth-order valence-corrected chi connectivity index (χ4v) is 18.3. The Bertz CT molecular complexity index is 3030. The third-order valence-corrected chi connectivity index (χ3v) is 26.8. The van der Waals surface area contributed by atoms with Crippen LogP contribution in [0.25, 0.3) is 0 Å². The van der Waals surface area contributed by atoms with E-state index in [0.717, 1.165) is 6.66 Å². The zero-order chi connectivity index (χ0) is 86.8. The Morgan fingerprint density at radius 2 is 0.475 bits per heavy atom. The Kier molecular flexibility index (Phi) is 63.8. The number of rotatable bonds is 28. The number of hydrogen-bond donors (Lipinski definition) is 22. The summed E-state index contributed by atoms with van der Waals surface area (Å²) in [5.41, 5.74) is 0. The number of phosphoric ester groups is 4. The van der Waals surface area contributed by atoms with Crippen molar-refractivity contribution < 1.29 is 233 Å². The monoisotopic (exact) mass is 1980 g/mol. The van der Waals surface area contributed by atoms with Gasteiger partial charge in [-0.2, -0.15) is 0 Å². The fourth-order valence-electron chi connectivity index (χ4n) is 9.42. The van der Waals surface area contributed by atoms with E-state index in [-0.39, 0.29) is 121 Å². The second-order valence-electron chi connectivity index (χ2n) is 24.8. The molecule has 690 valence electrons. The van der Waals surface area contributed by atoms with E-state index in [2.05, 4.69) is 35.6 Å². The predicted molar refractivity (Wildman–Crippen MR) is 427 cm³/mol. The van der Waals surface area contributed by atoms with Crippen LogP contribution in [0.1, 0.15) is 93.5 Å². The molecule has 7 heterocycles. The summed E-state index contributed by atoms with van der Waals surface area (Å²) < 4.78 is 179. The summed E-state index contributed by atoms with van der Waals surface area (Å²) in [4.78, 5) is 128. The maximum atomic E-state index is 11.6. The van der Waals surface area contributed by atoms with E-state index in [1.807, 2.05) is 15.1 Å². The van der Waals surface area contributed by atoms with Gasteiger partial charge in [-0.25, -0.2) is 36.0 Å². The molecule has 3 unspecified atom stereocenters. The van der Waals surface area contributed by atoms with Crippen molar-refractivity contribution in [2.75, 3.05) is 60.0 Å². The molecule has 7 fully saturated rings. The van der Waals surface area contributed by atoms with Gasteiger partial charge >= 0.3 is 167 Å². The summed E-state index contributed by atoms with van der Waals surface area (Å²) in [5, 5.41) is 67.0. The molecule has 22 N–H and O–H groups in total. The van der Waals surface area contributed by atoms with Crippen molar-refractivity contribution in [1.82, 2.24) is 0 Å². The number of ether oxygens (including phenoxy) is 8. The maximum absolute atomic E-state index is 11.6. The topological polar surface area (TPSA) is 765 Å². The average molecular weight is 1980 g/mol. The molecule has 7 saturated heterocycles. The predicted octanol–water partition coefficient (Wildman–Crippen LogP) is -2.28. The fraction of sp³-hybridized carbons (Fsp3) is 1.00. The first kappa shape index (κ1) is 133. The van der Waals surface area contributed by atoms with Crippen LogP contribution < -0.4 is 0 Å². The van der Waals surface area contributed by atoms with Crippen LogP contribution in [0.4, 0.5) is 0 Å². The van der Waals surface area contributed by atoms with Gasteiger partial charge < -0.3 is 132 Å². The smallest absolute Gasteiger partial charge is 0.390 e. The molecule has 68 heteroatoms. The van der Waals surface area contributed by atoms with E-state index in [4.69, 9.17) is 178 Å². The van der Waals surface area contributed by atoms with Crippen LogP contribution in [0.15, 0.2) is 0 Å². The minimum absolute atomic E-state index is 0. The molecule has 7 aliphatic heterocycles. The molecule has 31 atom stereocenters.